The van der Waals surface area contributed by atoms with Crippen molar-refractivity contribution >= 4 is 34.5 Å². The van der Waals surface area contributed by atoms with Gasteiger partial charge in [-0.1, -0.05) is 12.1 Å². The molecule has 7 heteroatoms. The Morgan fingerprint density at radius 2 is 1.96 bits per heavy atom. The zero-order valence-electron chi connectivity index (χ0n) is 13.9. The second kappa shape index (κ2) is 6.46. The Labute approximate surface area is 149 Å². The van der Waals surface area contributed by atoms with Crippen LogP contribution in [0.1, 0.15) is 32.7 Å². The molecule has 0 N–H and O–H groups in total. The SMILES string of the molecule is Cc1cc(/C=C/C#N)cc(C)c1C(=O)c1nc(Cl)nc2nn(C)cc12. The minimum Gasteiger partial charge on any atom is -0.287 e. The van der Waals surface area contributed by atoms with Crippen LogP contribution < -0.4 is 0 Å². The van der Waals surface area contributed by atoms with Gasteiger partial charge in [-0.3, -0.25) is 9.48 Å². The standard InChI is InChI=1S/C18H14ClN5O/c1-10-7-12(5-4-6-20)8-11(2)14(10)16(25)15-13-9-24(3)23-17(13)22-18(19)21-15/h4-5,7-9H,1-3H3/b5-4+. The number of ketones is 1. The number of hydrogen-bond donors (Lipinski definition) is 0. The number of fused-ring (bicyclic) bond motifs is 1. The summed E-state index contributed by atoms with van der Waals surface area (Å²) >= 11 is 5.96. The summed E-state index contributed by atoms with van der Waals surface area (Å²) in [5.41, 5.74) is 3.64. The Hall–Kier alpha value is -3.04. The van der Waals surface area contributed by atoms with Gasteiger partial charge in [-0.05, 0) is 48.2 Å². The molecule has 0 aliphatic carbocycles. The summed E-state index contributed by atoms with van der Waals surface area (Å²) in [6, 6.07) is 5.68. The van der Waals surface area contributed by atoms with Crippen molar-refractivity contribution < 1.29 is 4.79 Å². The topological polar surface area (TPSA) is 84.5 Å². The Kier molecular flexibility index (Phi) is 4.34. The van der Waals surface area contributed by atoms with E-state index in [0.717, 1.165) is 16.7 Å². The first-order valence-electron chi connectivity index (χ1n) is 7.49. The van der Waals surface area contributed by atoms with Crippen molar-refractivity contribution in [2.45, 2.75) is 13.8 Å². The molecule has 0 saturated heterocycles. The Bertz CT molecular complexity index is 1050. The van der Waals surface area contributed by atoms with E-state index in [9.17, 15) is 4.79 Å². The average molecular weight is 352 g/mol. The summed E-state index contributed by atoms with van der Waals surface area (Å²) in [5, 5.41) is 13.4. The van der Waals surface area contributed by atoms with Gasteiger partial charge in [0.05, 0.1) is 11.5 Å². The number of aryl methyl sites for hydroxylation is 3. The van der Waals surface area contributed by atoms with E-state index >= 15 is 0 Å². The van der Waals surface area contributed by atoms with Crippen molar-refractivity contribution in [2.24, 2.45) is 7.05 Å². The quantitative estimate of drug-likeness (QED) is 0.410. The molecule has 2 aromatic heterocycles. The van der Waals surface area contributed by atoms with Crippen LogP contribution in [0, 0.1) is 25.2 Å². The van der Waals surface area contributed by atoms with Crippen LogP contribution in [0.3, 0.4) is 0 Å². The summed E-state index contributed by atoms with van der Waals surface area (Å²) in [4.78, 5) is 21.3. The highest BCUT2D eigenvalue weighted by Gasteiger charge is 2.21. The molecular weight excluding hydrogens is 338 g/mol. The van der Waals surface area contributed by atoms with Gasteiger partial charge in [0, 0.05) is 24.9 Å². The molecule has 6 nitrogen and oxygen atoms in total. The van der Waals surface area contributed by atoms with Crippen molar-refractivity contribution in [1.82, 2.24) is 19.7 Å². The fourth-order valence-electron chi connectivity index (χ4n) is 2.87. The first-order chi connectivity index (χ1) is 11.9. The number of allylic oxidation sites excluding steroid dienone is 1. The number of carbonyl (C=O) groups is 1. The van der Waals surface area contributed by atoms with E-state index < -0.39 is 0 Å². The van der Waals surface area contributed by atoms with Crippen LogP contribution >= 0.6 is 11.6 Å². The predicted molar refractivity (Wildman–Crippen MR) is 95.3 cm³/mol. The van der Waals surface area contributed by atoms with Gasteiger partial charge < -0.3 is 0 Å². The number of aromatic nitrogens is 4. The second-order valence-electron chi connectivity index (χ2n) is 5.70. The van der Waals surface area contributed by atoms with Crippen molar-refractivity contribution in [2.75, 3.05) is 0 Å². The van der Waals surface area contributed by atoms with Crippen LogP contribution in [-0.2, 0) is 7.05 Å². The summed E-state index contributed by atoms with van der Waals surface area (Å²) < 4.78 is 1.57. The highest BCUT2D eigenvalue weighted by molar-refractivity contribution is 6.29. The predicted octanol–water partition coefficient (Wildman–Crippen LogP) is 3.40. The van der Waals surface area contributed by atoms with Crippen molar-refractivity contribution in [3.8, 4) is 6.07 Å². The van der Waals surface area contributed by atoms with Crippen molar-refractivity contribution in [3.05, 3.63) is 57.6 Å². The van der Waals surface area contributed by atoms with Crippen molar-refractivity contribution in [3.63, 3.8) is 0 Å². The molecule has 0 aliphatic rings. The van der Waals surface area contributed by atoms with Crippen LogP contribution in [-0.4, -0.2) is 25.5 Å². The normalized spacial score (nSPS) is 11.2. The number of nitrogens with zero attached hydrogens (tertiary/aromatic N) is 5. The molecule has 3 rings (SSSR count). The van der Waals surface area contributed by atoms with Gasteiger partial charge in [0.1, 0.15) is 5.69 Å². The molecule has 0 saturated carbocycles. The molecular formula is C18H14ClN5O. The number of benzene rings is 1. The summed E-state index contributed by atoms with van der Waals surface area (Å²) in [7, 11) is 1.75. The lowest BCUT2D eigenvalue weighted by Gasteiger charge is -2.10. The molecule has 2 heterocycles. The van der Waals surface area contributed by atoms with Crippen LogP contribution in [0.15, 0.2) is 24.4 Å². The third kappa shape index (κ3) is 3.14. The van der Waals surface area contributed by atoms with Gasteiger partial charge in [-0.2, -0.15) is 15.3 Å². The average Bonchev–Trinajstić information content (AvgIpc) is 2.91. The molecule has 0 spiro atoms. The lowest BCUT2D eigenvalue weighted by Crippen LogP contribution is -2.10. The first kappa shape index (κ1) is 16.8. The van der Waals surface area contributed by atoms with E-state index in [1.54, 1.807) is 24.0 Å². The Morgan fingerprint density at radius 1 is 1.28 bits per heavy atom. The lowest BCUT2D eigenvalue weighted by molar-refractivity contribution is 0.103. The fourth-order valence-corrected chi connectivity index (χ4v) is 3.03. The minimum absolute atomic E-state index is 0.0153. The van der Waals surface area contributed by atoms with E-state index in [4.69, 9.17) is 16.9 Å². The molecule has 3 aromatic rings. The van der Waals surface area contributed by atoms with Crippen LogP contribution in [0.5, 0.6) is 0 Å². The van der Waals surface area contributed by atoms with Gasteiger partial charge in [-0.25, -0.2) is 4.98 Å². The van der Waals surface area contributed by atoms with E-state index in [1.807, 2.05) is 32.0 Å². The number of halogens is 1. The molecule has 0 amide bonds. The third-order valence-electron chi connectivity index (χ3n) is 3.81. The maximum absolute atomic E-state index is 13.1. The number of hydrogen-bond acceptors (Lipinski definition) is 5. The molecule has 0 fully saturated rings. The largest absolute Gasteiger partial charge is 0.287 e. The maximum Gasteiger partial charge on any atom is 0.225 e. The van der Waals surface area contributed by atoms with Gasteiger partial charge in [-0.15, -0.1) is 0 Å². The third-order valence-corrected chi connectivity index (χ3v) is 3.98. The van der Waals surface area contributed by atoms with Gasteiger partial charge in [0.25, 0.3) is 0 Å². The molecule has 0 atom stereocenters. The van der Waals surface area contributed by atoms with Gasteiger partial charge in [0.15, 0.2) is 5.65 Å². The highest BCUT2D eigenvalue weighted by atomic mass is 35.5. The molecule has 0 unspecified atom stereocenters. The number of nitriles is 1. The maximum atomic E-state index is 13.1. The first-order valence-corrected chi connectivity index (χ1v) is 7.87. The molecule has 0 bridgehead atoms. The fraction of sp³-hybridized carbons (Fsp3) is 0.167. The van der Waals surface area contributed by atoms with Gasteiger partial charge in [0.2, 0.25) is 11.1 Å². The van der Waals surface area contributed by atoms with Crippen LogP contribution in [0.2, 0.25) is 5.28 Å². The zero-order valence-corrected chi connectivity index (χ0v) is 14.7. The van der Waals surface area contributed by atoms with E-state index in [1.165, 1.54) is 6.08 Å². The Balaban J connectivity index is 2.17. The molecule has 25 heavy (non-hydrogen) atoms. The lowest BCUT2D eigenvalue weighted by atomic mass is 9.94. The number of rotatable bonds is 3. The monoisotopic (exact) mass is 351 g/mol. The second-order valence-corrected chi connectivity index (χ2v) is 6.04. The highest BCUT2D eigenvalue weighted by Crippen LogP contribution is 2.24. The molecule has 0 radical (unpaired) electrons. The van der Waals surface area contributed by atoms with E-state index in [-0.39, 0.29) is 16.8 Å². The Morgan fingerprint density at radius 3 is 2.60 bits per heavy atom. The van der Waals surface area contributed by atoms with E-state index in [0.29, 0.717) is 16.6 Å². The smallest absolute Gasteiger partial charge is 0.225 e. The zero-order chi connectivity index (χ0) is 18.1. The number of carbonyl (C=O) groups excluding carboxylic acids is 1. The van der Waals surface area contributed by atoms with Crippen molar-refractivity contribution in [1.29, 1.82) is 5.26 Å². The molecule has 1 aromatic carbocycles. The minimum atomic E-state index is -0.229. The summed E-state index contributed by atoms with van der Waals surface area (Å²) in [6.07, 6.45) is 4.81. The van der Waals surface area contributed by atoms with Crippen LogP contribution in [0.25, 0.3) is 17.1 Å². The summed E-state index contributed by atoms with van der Waals surface area (Å²) in [6.45, 7) is 3.71. The van der Waals surface area contributed by atoms with E-state index in [2.05, 4.69) is 15.1 Å². The van der Waals surface area contributed by atoms with Gasteiger partial charge >= 0.3 is 0 Å². The molecule has 124 valence electrons. The van der Waals surface area contributed by atoms with Crippen LogP contribution in [0.4, 0.5) is 0 Å². The molecule has 0 aliphatic heterocycles. The summed E-state index contributed by atoms with van der Waals surface area (Å²) in [5.74, 6) is -0.229.